The standard InChI is InChI=1S/C8H10N2O4/c1-3-14-7(12)5-4-10(2)8(13)9-6(5)11/h4H,3H2,1-2H3,(H,9,11,13). The molecule has 1 heterocycles. The van der Waals surface area contributed by atoms with E-state index in [9.17, 15) is 14.4 Å². The Morgan fingerprint density at radius 1 is 1.57 bits per heavy atom. The SMILES string of the molecule is CCOC(=O)c1cn(C)c(=O)[nH]c1=O. The highest BCUT2D eigenvalue weighted by Gasteiger charge is 2.12. The summed E-state index contributed by atoms with van der Waals surface area (Å²) in [5, 5.41) is 0. The molecular weight excluding hydrogens is 188 g/mol. The number of esters is 1. The van der Waals surface area contributed by atoms with Gasteiger partial charge in [0.25, 0.3) is 5.56 Å². The van der Waals surface area contributed by atoms with E-state index < -0.39 is 17.2 Å². The number of aryl methyl sites for hydroxylation is 1. The first-order valence-electron chi connectivity index (χ1n) is 4.03. The predicted octanol–water partition coefficient (Wildman–Crippen LogP) is -0.750. The summed E-state index contributed by atoms with van der Waals surface area (Å²) in [5.74, 6) is -0.732. The van der Waals surface area contributed by atoms with E-state index in [-0.39, 0.29) is 12.2 Å². The van der Waals surface area contributed by atoms with Crippen LogP contribution in [0.4, 0.5) is 0 Å². The number of aromatic amines is 1. The predicted molar refractivity (Wildman–Crippen MR) is 48.3 cm³/mol. The first-order chi connectivity index (χ1) is 6.56. The highest BCUT2D eigenvalue weighted by Crippen LogP contribution is 1.91. The maximum atomic E-state index is 11.2. The third kappa shape index (κ3) is 1.90. The fraction of sp³-hybridized carbons (Fsp3) is 0.375. The first-order valence-corrected chi connectivity index (χ1v) is 4.03. The number of carbonyl (C=O) groups is 1. The summed E-state index contributed by atoms with van der Waals surface area (Å²) in [7, 11) is 1.43. The third-order valence-corrected chi connectivity index (χ3v) is 1.60. The van der Waals surface area contributed by atoms with Crippen molar-refractivity contribution >= 4 is 5.97 Å². The van der Waals surface area contributed by atoms with E-state index in [0.29, 0.717) is 0 Å². The van der Waals surface area contributed by atoms with Crippen LogP contribution in [0.1, 0.15) is 17.3 Å². The summed E-state index contributed by atoms with van der Waals surface area (Å²) in [5.41, 5.74) is -1.47. The zero-order valence-electron chi connectivity index (χ0n) is 7.86. The minimum Gasteiger partial charge on any atom is -0.462 e. The smallest absolute Gasteiger partial charge is 0.345 e. The number of nitrogens with one attached hydrogen (secondary N) is 1. The van der Waals surface area contributed by atoms with Gasteiger partial charge in [-0.05, 0) is 6.92 Å². The Kier molecular flexibility index (Phi) is 2.85. The monoisotopic (exact) mass is 198 g/mol. The van der Waals surface area contributed by atoms with E-state index in [2.05, 4.69) is 4.74 Å². The van der Waals surface area contributed by atoms with Crippen molar-refractivity contribution in [2.75, 3.05) is 6.61 Å². The van der Waals surface area contributed by atoms with Crippen molar-refractivity contribution in [1.82, 2.24) is 9.55 Å². The molecule has 6 nitrogen and oxygen atoms in total. The average molecular weight is 198 g/mol. The van der Waals surface area contributed by atoms with Crippen LogP contribution in [-0.4, -0.2) is 22.1 Å². The van der Waals surface area contributed by atoms with Gasteiger partial charge in [-0.2, -0.15) is 0 Å². The third-order valence-electron chi connectivity index (χ3n) is 1.60. The zero-order valence-corrected chi connectivity index (χ0v) is 7.86. The number of nitrogens with zero attached hydrogens (tertiary/aromatic N) is 1. The minimum atomic E-state index is -0.732. The van der Waals surface area contributed by atoms with E-state index in [1.165, 1.54) is 7.05 Å². The molecule has 0 bridgehead atoms. The van der Waals surface area contributed by atoms with Crippen LogP contribution in [0.15, 0.2) is 15.8 Å². The van der Waals surface area contributed by atoms with Crippen molar-refractivity contribution in [2.24, 2.45) is 7.05 Å². The molecule has 0 saturated carbocycles. The molecule has 0 aromatic carbocycles. The van der Waals surface area contributed by atoms with Crippen LogP contribution >= 0.6 is 0 Å². The van der Waals surface area contributed by atoms with Crippen LogP contribution in [0.25, 0.3) is 0 Å². The summed E-state index contributed by atoms with van der Waals surface area (Å²) in [6.45, 7) is 1.81. The number of aromatic nitrogens is 2. The highest BCUT2D eigenvalue weighted by atomic mass is 16.5. The number of rotatable bonds is 2. The van der Waals surface area contributed by atoms with Gasteiger partial charge in [0.15, 0.2) is 0 Å². The van der Waals surface area contributed by atoms with Gasteiger partial charge in [-0.25, -0.2) is 9.59 Å². The van der Waals surface area contributed by atoms with Crippen LogP contribution in [-0.2, 0) is 11.8 Å². The molecule has 1 aromatic rings. The maximum Gasteiger partial charge on any atom is 0.345 e. The summed E-state index contributed by atoms with van der Waals surface area (Å²) < 4.78 is 5.73. The molecule has 1 N–H and O–H groups in total. The fourth-order valence-corrected chi connectivity index (χ4v) is 0.918. The van der Waals surface area contributed by atoms with Gasteiger partial charge in [-0.1, -0.05) is 0 Å². The summed E-state index contributed by atoms with van der Waals surface area (Å²) in [6, 6.07) is 0. The number of hydrogen-bond donors (Lipinski definition) is 1. The van der Waals surface area contributed by atoms with Crippen LogP contribution < -0.4 is 11.2 Å². The summed E-state index contributed by atoms with van der Waals surface area (Å²) in [4.78, 5) is 35.2. The maximum absolute atomic E-state index is 11.2. The molecule has 0 aliphatic rings. The molecule has 6 heteroatoms. The Balaban J connectivity index is 3.23. The molecule has 0 unspecified atom stereocenters. The molecule has 0 aliphatic heterocycles. The van der Waals surface area contributed by atoms with Crippen molar-refractivity contribution in [3.05, 3.63) is 32.6 Å². The number of carbonyl (C=O) groups excluding carboxylic acids is 1. The quantitative estimate of drug-likeness (QED) is 0.634. The Labute approximate surface area is 79.1 Å². The lowest BCUT2D eigenvalue weighted by Crippen LogP contribution is -2.32. The number of ether oxygens (including phenoxy) is 1. The van der Waals surface area contributed by atoms with Gasteiger partial charge in [-0.3, -0.25) is 9.78 Å². The molecule has 0 aliphatic carbocycles. The minimum absolute atomic E-state index is 0.172. The lowest BCUT2D eigenvalue weighted by molar-refractivity contribution is 0.0523. The molecule has 14 heavy (non-hydrogen) atoms. The van der Waals surface area contributed by atoms with Crippen LogP contribution in [0.3, 0.4) is 0 Å². The first kappa shape index (κ1) is 10.2. The Morgan fingerprint density at radius 2 is 2.21 bits per heavy atom. The Hall–Kier alpha value is -1.85. The molecule has 0 atom stereocenters. The van der Waals surface area contributed by atoms with Gasteiger partial charge in [0.05, 0.1) is 6.61 Å². The van der Waals surface area contributed by atoms with Gasteiger partial charge in [-0.15, -0.1) is 0 Å². The lowest BCUT2D eigenvalue weighted by Gasteiger charge is -2.01. The van der Waals surface area contributed by atoms with Crippen molar-refractivity contribution in [3.63, 3.8) is 0 Å². The van der Waals surface area contributed by atoms with Crippen molar-refractivity contribution in [2.45, 2.75) is 6.92 Å². The molecule has 1 aromatic heterocycles. The van der Waals surface area contributed by atoms with Gasteiger partial charge in [0.1, 0.15) is 5.56 Å². The number of H-pyrrole nitrogens is 1. The van der Waals surface area contributed by atoms with E-state index in [0.717, 1.165) is 10.8 Å². The topological polar surface area (TPSA) is 81.2 Å². The van der Waals surface area contributed by atoms with Crippen molar-refractivity contribution < 1.29 is 9.53 Å². The van der Waals surface area contributed by atoms with E-state index in [1.54, 1.807) is 6.92 Å². The second-order valence-corrected chi connectivity index (χ2v) is 2.63. The zero-order chi connectivity index (χ0) is 10.7. The molecule has 76 valence electrons. The largest absolute Gasteiger partial charge is 0.462 e. The van der Waals surface area contributed by atoms with Gasteiger partial charge < -0.3 is 9.30 Å². The molecule has 0 fully saturated rings. The molecule has 0 spiro atoms. The Bertz CT molecular complexity index is 457. The van der Waals surface area contributed by atoms with Crippen LogP contribution in [0, 0.1) is 0 Å². The fourth-order valence-electron chi connectivity index (χ4n) is 0.918. The van der Waals surface area contributed by atoms with Gasteiger partial charge in [0.2, 0.25) is 0 Å². The van der Waals surface area contributed by atoms with E-state index in [1.807, 2.05) is 4.98 Å². The van der Waals surface area contributed by atoms with E-state index >= 15 is 0 Å². The molecule has 1 rings (SSSR count). The van der Waals surface area contributed by atoms with Crippen molar-refractivity contribution in [3.8, 4) is 0 Å². The van der Waals surface area contributed by atoms with Crippen LogP contribution in [0.2, 0.25) is 0 Å². The lowest BCUT2D eigenvalue weighted by atomic mass is 10.3. The molecular formula is C8H10N2O4. The second kappa shape index (κ2) is 3.91. The molecule has 0 saturated heterocycles. The van der Waals surface area contributed by atoms with Crippen molar-refractivity contribution in [1.29, 1.82) is 0 Å². The summed E-state index contributed by atoms with van der Waals surface area (Å²) in [6.07, 6.45) is 1.15. The van der Waals surface area contributed by atoms with Crippen LogP contribution in [0.5, 0.6) is 0 Å². The average Bonchev–Trinajstić information content (AvgIpc) is 2.11. The molecule has 0 amide bonds. The van der Waals surface area contributed by atoms with Gasteiger partial charge >= 0.3 is 11.7 Å². The molecule has 0 radical (unpaired) electrons. The van der Waals surface area contributed by atoms with E-state index in [4.69, 9.17) is 0 Å². The number of hydrogen-bond acceptors (Lipinski definition) is 4. The summed E-state index contributed by atoms with van der Waals surface area (Å²) >= 11 is 0. The second-order valence-electron chi connectivity index (χ2n) is 2.63. The normalized spacial score (nSPS) is 9.86. The Morgan fingerprint density at radius 3 is 2.79 bits per heavy atom. The van der Waals surface area contributed by atoms with Gasteiger partial charge in [0, 0.05) is 13.2 Å². The highest BCUT2D eigenvalue weighted by molar-refractivity contribution is 5.88.